The van der Waals surface area contributed by atoms with Crippen LogP contribution in [0, 0.1) is 0 Å². The predicted octanol–water partition coefficient (Wildman–Crippen LogP) is 10.1. The molecule has 30 heteroatoms. The molecule has 0 radical (unpaired) electrons. The molecule has 0 aliphatic heterocycles. The van der Waals surface area contributed by atoms with E-state index in [-0.39, 0.29) is 17.6 Å². The minimum absolute atomic E-state index is 0.205. The van der Waals surface area contributed by atoms with Gasteiger partial charge in [0, 0.05) is 67.8 Å². The first-order valence-electron chi connectivity index (χ1n) is 30.6. The fraction of sp³-hybridized carbons (Fsp3) is 0.279. The molecule has 10 rings (SSSR count). The van der Waals surface area contributed by atoms with Crippen molar-refractivity contribution in [1.82, 2.24) is 59.6 Å². The van der Waals surface area contributed by atoms with Crippen molar-refractivity contribution in [1.29, 1.82) is 0 Å². The zero-order valence-electron chi connectivity index (χ0n) is 56.1. The first-order valence-corrected chi connectivity index (χ1v) is 30.6. The highest BCUT2D eigenvalue weighted by molar-refractivity contribution is 5.98. The van der Waals surface area contributed by atoms with Crippen LogP contribution in [0.2, 0.25) is 0 Å². The molecule has 0 aliphatic rings. The van der Waals surface area contributed by atoms with Gasteiger partial charge in [-0.2, -0.15) is 0 Å². The van der Waals surface area contributed by atoms with Crippen molar-refractivity contribution in [2.75, 3.05) is 61.5 Å². The summed E-state index contributed by atoms with van der Waals surface area (Å²) in [6.07, 6.45) is 6.00. The van der Waals surface area contributed by atoms with Crippen LogP contribution in [0.1, 0.15) is 105 Å². The average molecular weight is 1340 g/mol. The number of ether oxygens (including phenoxy) is 7. The van der Waals surface area contributed by atoms with Gasteiger partial charge < -0.3 is 66.3 Å². The molecule has 0 spiro atoms. The summed E-state index contributed by atoms with van der Waals surface area (Å²) in [5, 5.41) is 14.0. The van der Waals surface area contributed by atoms with Crippen molar-refractivity contribution in [2.45, 2.75) is 93.1 Å². The average Bonchev–Trinajstić information content (AvgIpc) is 1.65. The summed E-state index contributed by atoms with van der Waals surface area (Å²) >= 11 is 0. The van der Waals surface area contributed by atoms with Crippen LogP contribution in [0.5, 0.6) is 11.5 Å². The number of amides is 5. The number of anilines is 6. The molecule has 5 aromatic carbocycles. The number of carbonyl (C=O) groups excluding carboxylic acids is 5. The standard InChI is InChI=1S/C25H26N6O4.C24H28N6O4.C12H10N6O.C7H16O3/c1-25(2,3)35-24(33)30-21-12-22(28-14-27-21)31-15-29-19-11-17(7-10-20(19)31)23(32)26-13-16-5-8-18(34-4)9-6-16;1-24(2,3)34-23(32)30-21-12-20(27-14-28-21)29-19-10-7-16(11-18(19)25)22(31)26-13-15-5-8-17(33-4)9-6-15;13-10-4-11(16-5-15-10)18-6-17-8-3-7(12(14)19)1-2-9(8)18;1-4-8-7(9-5-2)10-6-3/h5-12,14-15H,13H2,1-4H3,(H,26,32)(H,27,28,30,33);5-12,14H,13,25H2,1-4H3,(H,26,31)(H2,27,28,29,30,32);1-6H,(H2,14,19)(H2,13,15,16);7H,4-6H2,1-3H3. The molecule has 0 aliphatic carbocycles. The summed E-state index contributed by atoms with van der Waals surface area (Å²) in [6, 6.07) is 34.9. The summed E-state index contributed by atoms with van der Waals surface area (Å²) in [4.78, 5) is 93.4. The van der Waals surface area contributed by atoms with Gasteiger partial charge in [0.1, 0.15) is 89.2 Å². The van der Waals surface area contributed by atoms with Crippen LogP contribution in [-0.4, -0.2) is 131 Å². The third kappa shape index (κ3) is 22.7. The van der Waals surface area contributed by atoms with E-state index in [0.29, 0.717) is 101 Å². The molecule has 5 aromatic heterocycles. The van der Waals surface area contributed by atoms with Gasteiger partial charge in [-0.1, -0.05) is 24.3 Å². The van der Waals surface area contributed by atoms with Crippen molar-refractivity contribution in [3.05, 3.63) is 181 Å². The number of imidazole rings is 2. The molecule has 0 fully saturated rings. The predicted molar refractivity (Wildman–Crippen MR) is 369 cm³/mol. The van der Waals surface area contributed by atoms with Gasteiger partial charge in [-0.3, -0.25) is 34.2 Å². The Morgan fingerprint density at radius 2 is 0.918 bits per heavy atom. The van der Waals surface area contributed by atoms with Gasteiger partial charge in [0.05, 0.1) is 47.7 Å². The second kappa shape index (κ2) is 35.0. The summed E-state index contributed by atoms with van der Waals surface area (Å²) in [6.45, 7) is 18.5. The van der Waals surface area contributed by atoms with Crippen LogP contribution in [0.4, 0.5) is 44.2 Å². The van der Waals surface area contributed by atoms with E-state index in [2.05, 4.69) is 66.5 Å². The van der Waals surface area contributed by atoms with Crippen LogP contribution in [0.3, 0.4) is 0 Å². The molecule has 0 saturated carbocycles. The highest BCUT2D eigenvalue weighted by Gasteiger charge is 2.20. The number of nitrogens with zero attached hydrogens (tertiary/aromatic N) is 10. The fourth-order valence-corrected chi connectivity index (χ4v) is 8.60. The lowest BCUT2D eigenvalue weighted by atomic mass is 10.1. The Morgan fingerprint density at radius 1 is 0.490 bits per heavy atom. The Labute approximate surface area is 565 Å². The third-order valence-electron chi connectivity index (χ3n) is 13.1. The Kier molecular flexibility index (Phi) is 26.3. The molecular formula is C68H80N18O12. The second-order valence-electron chi connectivity index (χ2n) is 22.7. The Hall–Kier alpha value is -11.9. The maximum absolute atomic E-state index is 12.7. The lowest BCUT2D eigenvalue weighted by molar-refractivity contribution is -0.282. The SMILES string of the molecule is CCOC(OCC)OCC.COc1ccc(CNC(=O)c2ccc(Nc3cc(NC(=O)OC(C)(C)C)ncn3)c(N)c2)cc1.COc1ccc(CNC(=O)c2ccc3c(c2)ncn3-c2cc(NC(=O)OC(C)(C)C)ncn2)cc1.NC(=O)c1ccc2c(c1)ncn2-c1cc(N)ncn1. The van der Waals surface area contributed by atoms with Gasteiger partial charge in [-0.05, 0) is 152 Å². The highest BCUT2D eigenvalue weighted by Crippen LogP contribution is 2.26. The van der Waals surface area contributed by atoms with Gasteiger partial charge >= 0.3 is 12.2 Å². The molecule has 0 saturated heterocycles. The number of primary amides is 1. The maximum Gasteiger partial charge on any atom is 0.413 e. The van der Waals surface area contributed by atoms with Crippen molar-refractivity contribution in [2.24, 2.45) is 5.73 Å². The number of rotatable bonds is 21. The number of nitrogens with one attached hydrogen (secondary N) is 5. The Balaban J connectivity index is 0.000000199. The molecule has 98 heavy (non-hydrogen) atoms. The number of hydrogen-bond donors (Lipinski definition) is 8. The highest BCUT2D eigenvalue weighted by atomic mass is 16.8. The van der Waals surface area contributed by atoms with Crippen molar-refractivity contribution < 1.29 is 57.1 Å². The Bertz CT molecular complexity index is 4290. The smallest absolute Gasteiger partial charge is 0.413 e. The Morgan fingerprint density at radius 3 is 1.38 bits per heavy atom. The number of methoxy groups -OCH3 is 2. The van der Waals surface area contributed by atoms with E-state index in [0.717, 1.165) is 33.7 Å². The van der Waals surface area contributed by atoms with E-state index in [4.69, 9.17) is 50.4 Å². The van der Waals surface area contributed by atoms with E-state index in [1.54, 1.807) is 150 Å². The third-order valence-corrected chi connectivity index (χ3v) is 13.1. The van der Waals surface area contributed by atoms with E-state index >= 15 is 0 Å². The minimum atomic E-state index is -0.630. The second-order valence-corrected chi connectivity index (χ2v) is 22.7. The molecule has 0 atom stereocenters. The van der Waals surface area contributed by atoms with Crippen LogP contribution in [0.25, 0.3) is 33.7 Å². The number of carbonyl (C=O) groups is 5. The van der Waals surface area contributed by atoms with Crippen LogP contribution in [0.15, 0.2) is 153 Å². The summed E-state index contributed by atoms with van der Waals surface area (Å²) in [7, 11) is 3.21. The van der Waals surface area contributed by atoms with Gasteiger partial charge in [0.15, 0.2) is 0 Å². The zero-order chi connectivity index (χ0) is 70.9. The topological polar surface area (TPSA) is 401 Å². The normalized spacial score (nSPS) is 10.9. The van der Waals surface area contributed by atoms with Gasteiger partial charge in [0.25, 0.3) is 18.3 Å². The van der Waals surface area contributed by atoms with Gasteiger partial charge in [-0.15, -0.1) is 0 Å². The molecule has 30 nitrogen and oxygen atoms in total. The molecule has 10 aromatic rings. The summed E-state index contributed by atoms with van der Waals surface area (Å²) in [5.41, 5.74) is 22.7. The first-order chi connectivity index (χ1) is 46.8. The molecule has 0 bridgehead atoms. The molecule has 5 amide bonds. The number of benzene rings is 5. The summed E-state index contributed by atoms with van der Waals surface area (Å²) in [5.74, 6) is 3.03. The lowest BCUT2D eigenvalue weighted by Crippen LogP contribution is -2.27. The van der Waals surface area contributed by atoms with E-state index in [1.807, 2.05) is 69.3 Å². The zero-order valence-corrected chi connectivity index (χ0v) is 56.1. The number of hydrogen-bond acceptors (Lipinski definition) is 23. The fourth-order valence-electron chi connectivity index (χ4n) is 8.60. The van der Waals surface area contributed by atoms with Crippen molar-refractivity contribution in [3.63, 3.8) is 0 Å². The quantitative estimate of drug-likeness (QED) is 0.0245. The van der Waals surface area contributed by atoms with Crippen LogP contribution >= 0.6 is 0 Å². The maximum atomic E-state index is 12.7. The van der Waals surface area contributed by atoms with Crippen LogP contribution < -0.4 is 53.3 Å². The van der Waals surface area contributed by atoms with E-state index in [9.17, 15) is 24.0 Å². The number of nitrogen functional groups attached to an aromatic ring is 2. The first kappa shape index (κ1) is 73.5. The summed E-state index contributed by atoms with van der Waals surface area (Å²) < 4.78 is 39.5. The molecule has 5 heterocycles. The molecule has 11 N–H and O–H groups in total. The molecular weight excluding hydrogens is 1260 g/mol. The van der Waals surface area contributed by atoms with Crippen LogP contribution in [-0.2, 0) is 36.8 Å². The van der Waals surface area contributed by atoms with Crippen molar-refractivity contribution >= 4 is 86.6 Å². The molecule has 0 unspecified atom stereocenters. The lowest BCUT2D eigenvalue weighted by Gasteiger charge is -2.19. The molecule has 514 valence electrons. The number of fused-ring (bicyclic) bond motifs is 2. The van der Waals surface area contributed by atoms with Crippen molar-refractivity contribution in [3.8, 4) is 23.1 Å². The minimum Gasteiger partial charge on any atom is -0.497 e. The van der Waals surface area contributed by atoms with Gasteiger partial charge in [-0.25, -0.2) is 49.5 Å². The number of nitrogens with two attached hydrogens (primary N) is 3. The largest absolute Gasteiger partial charge is 0.497 e. The van der Waals surface area contributed by atoms with E-state index in [1.165, 1.54) is 19.0 Å². The van der Waals surface area contributed by atoms with E-state index < -0.39 is 35.8 Å². The van der Waals surface area contributed by atoms with Gasteiger partial charge in [0.2, 0.25) is 5.91 Å². The monoisotopic (exact) mass is 1340 g/mol. The number of aromatic nitrogens is 10.